The fraction of sp³-hybridized carbons (Fsp3) is 0.235. The van der Waals surface area contributed by atoms with E-state index in [4.69, 9.17) is 11.6 Å². The van der Waals surface area contributed by atoms with Crippen LogP contribution in [-0.2, 0) is 4.79 Å². The van der Waals surface area contributed by atoms with Gasteiger partial charge in [0.05, 0.1) is 17.3 Å². The standard InChI is InChI=1S/C17H18ClFN2O2/c1-11(12-4-3-5-14(22)8-12)21(2)10-17(23)20-16-7-6-13(19)9-15(16)18/h3-9,11,22H,10H2,1-2H3,(H,20,23). The number of hydrogen-bond acceptors (Lipinski definition) is 3. The summed E-state index contributed by atoms with van der Waals surface area (Å²) in [7, 11) is 1.81. The Morgan fingerprint density at radius 2 is 2.09 bits per heavy atom. The maximum absolute atomic E-state index is 13.0. The summed E-state index contributed by atoms with van der Waals surface area (Å²) >= 11 is 5.89. The Bertz CT molecular complexity index is 709. The summed E-state index contributed by atoms with van der Waals surface area (Å²) in [6, 6.07) is 10.7. The van der Waals surface area contributed by atoms with Crippen molar-refractivity contribution in [3.8, 4) is 5.75 Å². The van der Waals surface area contributed by atoms with Crippen molar-refractivity contribution >= 4 is 23.2 Å². The molecule has 4 nitrogen and oxygen atoms in total. The predicted octanol–water partition coefficient (Wildman–Crippen LogP) is 3.82. The van der Waals surface area contributed by atoms with Crippen LogP contribution in [0.2, 0.25) is 5.02 Å². The molecule has 0 fully saturated rings. The van der Waals surface area contributed by atoms with Crippen molar-refractivity contribution in [2.75, 3.05) is 18.9 Å². The Kier molecular flexibility index (Phi) is 5.58. The summed E-state index contributed by atoms with van der Waals surface area (Å²) < 4.78 is 13.0. The van der Waals surface area contributed by atoms with Crippen LogP contribution < -0.4 is 5.32 Å². The molecule has 23 heavy (non-hydrogen) atoms. The molecular formula is C17H18ClFN2O2. The molecule has 2 rings (SSSR count). The van der Waals surface area contributed by atoms with Crippen LogP contribution in [0.5, 0.6) is 5.75 Å². The molecule has 0 spiro atoms. The van der Waals surface area contributed by atoms with E-state index in [0.29, 0.717) is 5.69 Å². The van der Waals surface area contributed by atoms with E-state index in [-0.39, 0.29) is 29.3 Å². The van der Waals surface area contributed by atoms with Crippen LogP contribution in [0.1, 0.15) is 18.5 Å². The van der Waals surface area contributed by atoms with Crippen molar-refractivity contribution in [1.82, 2.24) is 4.90 Å². The highest BCUT2D eigenvalue weighted by atomic mass is 35.5. The number of amides is 1. The van der Waals surface area contributed by atoms with Gasteiger partial charge in [-0.25, -0.2) is 4.39 Å². The van der Waals surface area contributed by atoms with Gasteiger partial charge < -0.3 is 10.4 Å². The summed E-state index contributed by atoms with van der Waals surface area (Å²) in [5.41, 5.74) is 1.27. The van der Waals surface area contributed by atoms with Crippen molar-refractivity contribution in [3.05, 3.63) is 58.9 Å². The number of hydrogen-bond donors (Lipinski definition) is 2. The van der Waals surface area contributed by atoms with Crippen molar-refractivity contribution in [3.63, 3.8) is 0 Å². The fourth-order valence-corrected chi connectivity index (χ4v) is 2.40. The van der Waals surface area contributed by atoms with Crippen LogP contribution in [0.25, 0.3) is 0 Å². The van der Waals surface area contributed by atoms with Gasteiger partial charge in [-0.2, -0.15) is 0 Å². The summed E-state index contributed by atoms with van der Waals surface area (Å²) in [5, 5.41) is 12.3. The molecule has 2 aromatic rings. The van der Waals surface area contributed by atoms with Crippen molar-refractivity contribution in [2.24, 2.45) is 0 Å². The maximum Gasteiger partial charge on any atom is 0.238 e. The third-order valence-corrected chi connectivity index (χ3v) is 3.92. The van der Waals surface area contributed by atoms with Crippen LogP contribution >= 0.6 is 11.6 Å². The molecule has 2 aromatic carbocycles. The quantitative estimate of drug-likeness (QED) is 0.872. The molecule has 1 atom stereocenters. The lowest BCUT2D eigenvalue weighted by Crippen LogP contribution is -2.32. The van der Waals surface area contributed by atoms with Crippen molar-refractivity contribution < 1.29 is 14.3 Å². The molecule has 1 unspecified atom stereocenters. The van der Waals surface area contributed by atoms with E-state index in [1.54, 1.807) is 25.2 Å². The van der Waals surface area contributed by atoms with E-state index in [9.17, 15) is 14.3 Å². The molecule has 0 aliphatic carbocycles. The number of phenolic OH excluding ortho intramolecular Hbond substituents is 1. The van der Waals surface area contributed by atoms with Gasteiger partial charge in [0.25, 0.3) is 0 Å². The average molecular weight is 337 g/mol. The number of nitrogens with one attached hydrogen (secondary N) is 1. The molecule has 122 valence electrons. The number of rotatable bonds is 5. The molecule has 0 saturated carbocycles. The van der Waals surface area contributed by atoms with Gasteiger partial charge in [-0.3, -0.25) is 9.69 Å². The molecule has 0 saturated heterocycles. The highest BCUT2D eigenvalue weighted by Gasteiger charge is 2.16. The van der Waals surface area contributed by atoms with Gasteiger partial charge in [-0.1, -0.05) is 23.7 Å². The molecule has 0 heterocycles. The zero-order valence-corrected chi connectivity index (χ0v) is 13.6. The van der Waals surface area contributed by atoms with E-state index in [2.05, 4.69) is 5.32 Å². The Morgan fingerprint density at radius 3 is 2.74 bits per heavy atom. The molecule has 6 heteroatoms. The lowest BCUT2D eigenvalue weighted by atomic mass is 10.1. The number of benzene rings is 2. The second-order valence-electron chi connectivity index (χ2n) is 5.36. The minimum atomic E-state index is -0.456. The summed E-state index contributed by atoms with van der Waals surface area (Å²) in [4.78, 5) is 13.9. The largest absolute Gasteiger partial charge is 0.508 e. The molecule has 0 radical (unpaired) electrons. The number of anilines is 1. The Morgan fingerprint density at radius 1 is 1.35 bits per heavy atom. The predicted molar refractivity (Wildman–Crippen MR) is 89.2 cm³/mol. The van der Waals surface area contributed by atoms with Gasteiger partial charge in [0.2, 0.25) is 5.91 Å². The maximum atomic E-state index is 13.0. The van der Waals surface area contributed by atoms with Gasteiger partial charge >= 0.3 is 0 Å². The van der Waals surface area contributed by atoms with E-state index >= 15 is 0 Å². The number of carbonyl (C=O) groups excluding carboxylic acids is 1. The Balaban J connectivity index is 1.99. The fourth-order valence-electron chi connectivity index (χ4n) is 2.18. The van der Waals surface area contributed by atoms with Gasteiger partial charge in [0.15, 0.2) is 0 Å². The zero-order chi connectivity index (χ0) is 17.0. The minimum Gasteiger partial charge on any atom is -0.508 e. The van der Waals surface area contributed by atoms with Gasteiger partial charge in [-0.05, 0) is 49.9 Å². The molecular weight excluding hydrogens is 319 g/mol. The van der Waals surface area contributed by atoms with Gasteiger partial charge in [-0.15, -0.1) is 0 Å². The first-order valence-corrected chi connectivity index (χ1v) is 7.48. The Hall–Kier alpha value is -2.11. The second kappa shape index (κ2) is 7.44. The molecule has 1 amide bonds. The van der Waals surface area contributed by atoms with Crippen LogP contribution in [0.15, 0.2) is 42.5 Å². The first kappa shape index (κ1) is 17.2. The highest BCUT2D eigenvalue weighted by Crippen LogP contribution is 2.24. The van der Waals surface area contributed by atoms with Crippen molar-refractivity contribution in [1.29, 1.82) is 0 Å². The number of carbonyl (C=O) groups is 1. The summed E-state index contributed by atoms with van der Waals surface area (Å²) in [6.07, 6.45) is 0. The SMILES string of the molecule is CC(c1cccc(O)c1)N(C)CC(=O)Nc1ccc(F)cc1Cl. The van der Waals surface area contributed by atoms with E-state index in [1.807, 2.05) is 17.9 Å². The zero-order valence-electron chi connectivity index (χ0n) is 12.9. The van der Waals surface area contributed by atoms with Crippen LogP contribution in [0.4, 0.5) is 10.1 Å². The van der Waals surface area contributed by atoms with Crippen LogP contribution in [0.3, 0.4) is 0 Å². The third kappa shape index (κ3) is 4.68. The normalized spacial score (nSPS) is 12.2. The summed E-state index contributed by atoms with van der Waals surface area (Å²) in [6.45, 7) is 2.07. The molecule has 0 aromatic heterocycles. The first-order valence-electron chi connectivity index (χ1n) is 7.11. The lowest BCUT2D eigenvalue weighted by Gasteiger charge is -2.24. The molecule has 0 aliphatic rings. The first-order chi connectivity index (χ1) is 10.9. The molecule has 0 bridgehead atoms. The van der Waals surface area contributed by atoms with Crippen LogP contribution in [0, 0.1) is 5.82 Å². The number of aromatic hydroxyl groups is 1. The smallest absolute Gasteiger partial charge is 0.238 e. The lowest BCUT2D eigenvalue weighted by molar-refractivity contribution is -0.117. The van der Waals surface area contributed by atoms with Crippen molar-refractivity contribution in [2.45, 2.75) is 13.0 Å². The number of likely N-dealkylation sites (N-methyl/N-ethyl adjacent to an activating group) is 1. The minimum absolute atomic E-state index is 0.0588. The third-order valence-electron chi connectivity index (χ3n) is 3.61. The van der Waals surface area contributed by atoms with Crippen LogP contribution in [-0.4, -0.2) is 29.5 Å². The molecule has 2 N–H and O–H groups in total. The highest BCUT2D eigenvalue weighted by molar-refractivity contribution is 6.33. The summed E-state index contributed by atoms with van der Waals surface area (Å²) in [5.74, 6) is -0.527. The van der Waals surface area contributed by atoms with Gasteiger partial charge in [0, 0.05) is 6.04 Å². The van der Waals surface area contributed by atoms with E-state index < -0.39 is 5.82 Å². The van der Waals surface area contributed by atoms with E-state index in [1.165, 1.54) is 12.1 Å². The Labute approximate surface area is 139 Å². The van der Waals surface area contributed by atoms with E-state index in [0.717, 1.165) is 11.6 Å². The monoisotopic (exact) mass is 336 g/mol. The average Bonchev–Trinajstić information content (AvgIpc) is 2.49. The molecule has 0 aliphatic heterocycles. The topological polar surface area (TPSA) is 52.6 Å². The number of phenols is 1. The number of halogens is 2. The number of nitrogens with zero attached hydrogens (tertiary/aromatic N) is 1. The van der Waals surface area contributed by atoms with Gasteiger partial charge in [0.1, 0.15) is 11.6 Å². The second-order valence-corrected chi connectivity index (χ2v) is 5.77.